The minimum Gasteiger partial charge on any atom is -0.383 e. The number of rotatable bonds is 2. The van der Waals surface area contributed by atoms with Gasteiger partial charge >= 0.3 is 14.5 Å². The van der Waals surface area contributed by atoms with Crippen molar-refractivity contribution in [1.82, 2.24) is 39.5 Å². The number of aromatic amines is 1. The number of phosphoric acid groups is 1. The van der Waals surface area contributed by atoms with Crippen LogP contribution in [0, 0.1) is 0 Å². The van der Waals surface area contributed by atoms with Gasteiger partial charge in [0.25, 0.3) is 5.56 Å². The van der Waals surface area contributed by atoms with E-state index >= 15 is 4.39 Å². The van der Waals surface area contributed by atoms with Gasteiger partial charge in [0.15, 0.2) is 23.5 Å². The molecule has 0 amide bonds. The molecule has 7 rings (SSSR count). The van der Waals surface area contributed by atoms with E-state index in [1.807, 2.05) is 0 Å². The zero-order valence-electron chi connectivity index (χ0n) is 22.1. The molecule has 236 valence electrons. The highest BCUT2D eigenvalue weighted by molar-refractivity contribution is 8.07. The van der Waals surface area contributed by atoms with E-state index < -0.39 is 76.4 Å². The number of phosphoric ester groups is 1. The number of fused-ring (bicyclic) bond motifs is 5. The molecule has 0 aromatic carbocycles. The molecule has 3 fully saturated rings. The van der Waals surface area contributed by atoms with Crippen LogP contribution in [0.15, 0.2) is 23.4 Å². The lowest BCUT2D eigenvalue weighted by Gasteiger charge is -2.31. The van der Waals surface area contributed by atoms with Crippen LogP contribution < -0.4 is 17.0 Å². The minimum atomic E-state index is -5.03. The second kappa shape index (κ2) is 10.5. The Morgan fingerprint density at radius 1 is 1.16 bits per heavy atom. The summed E-state index contributed by atoms with van der Waals surface area (Å²) >= 11 is 5.23. The lowest BCUT2D eigenvalue weighted by Crippen LogP contribution is -2.45. The Balaban J connectivity index is 1.21. The lowest BCUT2D eigenvalue weighted by molar-refractivity contribution is -0.0711. The van der Waals surface area contributed by atoms with Crippen LogP contribution in [0.2, 0.25) is 0 Å². The zero-order chi connectivity index (χ0) is 31.0. The molecule has 0 spiro atoms. The predicted molar refractivity (Wildman–Crippen MR) is 148 cm³/mol. The van der Waals surface area contributed by atoms with E-state index in [0.29, 0.717) is 5.39 Å². The van der Waals surface area contributed by atoms with Crippen molar-refractivity contribution in [2.75, 3.05) is 31.3 Å². The molecule has 0 saturated carbocycles. The van der Waals surface area contributed by atoms with E-state index in [1.54, 1.807) is 0 Å². The van der Waals surface area contributed by atoms with E-state index in [9.17, 15) is 19.1 Å². The number of anilines is 2. The largest absolute Gasteiger partial charge is 0.472 e. The summed E-state index contributed by atoms with van der Waals surface area (Å²) in [7, 11) is -5.03. The van der Waals surface area contributed by atoms with Gasteiger partial charge in [-0.05, 0) is 17.9 Å². The first kappa shape index (κ1) is 29.7. The summed E-state index contributed by atoms with van der Waals surface area (Å²) in [4.78, 5) is 48.3. The van der Waals surface area contributed by atoms with Gasteiger partial charge < -0.3 is 39.8 Å². The van der Waals surface area contributed by atoms with Gasteiger partial charge in [-0.1, -0.05) is 5.21 Å². The number of ether oxygens (including phenoxy) is 2. The Morgan fingerprint density at radius 3 is 2.80 bits per heavy atom. The van der Waals surface area contributed by atoms with E-state index in [1.165, 1.54) is 12.3 Å². The normalized spacial score (nSPS) is 36.6. The molecular formula is C20H23FN10O10P2S. The average Bonchev–Trinajstić information content (AvgIpc) is 3.72. The van der Waals surface area contributed by atoms with Crippen molar-refractivity contribution in [3.05, 3.63) is 28.9 Å². The molecule has 3 saturated heterocycles. The minimum absolute atomic E-state index is 0.0663. The SMILES string of the molecule is Nc1nc2c(nnn2[C@@H]2O[C@@H]3COP(=O)(O)O[C@@H]4[C@@H](COP(O)(=S)O[C@@H]2C3)OCC4(F)n2ccc3c(N)ncnc32)c(=O)[nH]1. The number of hydrogen-bond acceptors (Lipinski definition) is 16. The van der Waals surface area contributed by atoms with Gasteiger partial charge in [0.1, 0.15) is 36.6 Å². The highest BCUT2D eigenvalue weighted by Crippen LogP contribution is 2.54. The average molecular weight is 676 g/mol. The van der Waals surface area contributed by atoms with Crippen molar-refractivity contribution in [1.29, 1.82) is 0 Å². The summed E-state index contributed by atoms with van der Waals surface area (Å²) in [6.45, 7) is -6.01. The van der Waals surface area contributed by atoms with Crippen LogP contribution >= 0.6 is 14.5 Å². The molecule has 24 heteroatoms. The summed E-state index contributed by atoms with van der Waals surface area (Å²) in [5.41, 5.74) is 10.7. The monoisotopic (exact) mass is 676 g/mol. The summed E-state index contributed by atoms with van der Waals surface area (Å²) in [6, 6.07) is 1.47. The van der Waals surface area contributed by atoms with Gasteiger partial charge in [0.05, 0.1) is 24.7 Å². The van der Waals surface area contributed by atoms with Crippen LogP contribution in [0.25, 0.3) is 22.2 Å². The van der Waals surface area contributed by atoms with Crippen LogP contribution in [0.1, 0.15) is 12.6 Å². The molecule has 7 heterocycles. The van der Waals surface area contributed by atoms with Crippen molar-refractivity contribution in [2.24, 2.45) is 0 Å². The number of nitrogen functional groups attached to an aromatic ring is 2. The molecule has 20 nitrogen and oxygen atoms in total. The van der Waals surface area contributed by atoms with Crippen LogP contribution in [0.3, 0.4) is 0 Å². The highest BCUT2D eigenvalue weighted by Gasteiger charge is 2.57. The second-order valence-corrected chi connectivity index (χ2v) is 14.3. The first-order chi connectivity index (χ1) is 20.8. The Kier molecular flexibility index (Phi) is 7.10. The van der Waals surface area contributed by atoms with Gasteiger partial charge in [-0.2, -0.15) is 9.67 Å². The lowest BCUT2D eigenvalue weighted by atomic mass is 10.1. The van der Waals surface area contributed by atoms with Crippen molar-refractivity contribution in [2.45, 2.75) is 42.9 Å². The third-order valence-corrected chi connectivity index (χ3v) is 9.82. The molecule has 4 aromatic heterocycles. The fourth-order valence-electron chi connectivity index (χ4n) is 5.32. The second-order valence-electron chi connectivity index (χ2n) is 10.1. The van der Waals surface area contributed by atoms with E-state index in [0.717, 1.165) is 15.6 Å². The maximum atomic E-state index is 16.8. The molecular weight excluding hydrogens is 653 g/mol. The first-order valence-electron chi connectivity index (χ1n) is 12.8. The van der Waals surface area contributed by atoms with Crippen molar-refractivity contribution in [3.8, 4) is 0 Å². The fraction of sp³-hybridized carbons (Fsp3) is 0.500. The first-order valence-corrected chi connectivity index (χ1v) is 16.9. The van der Waals surface area contributed by atoms with Crippen molar-refractivity contribution in [3.63, 3.8) is 0 Å². The number of hydrogen-bond donors (Lipinski definition) is 5. The number of nitrogens with zero attached hydrogens (tertiary/aromatic N) is 7. The Morgan fingerprint density at radius 2 is 1.98 bits per heavy atom. The highest BCUT2D eigenvalue weighted by atomic mass is 32.5. The summed E-state index contributed by atoms with van der Waals surface area (Å²) in [5, 5.41) is 8.04. The fourth-order valence-corrected chi connectivity index (χ4v) is 7.77. The standard InChI is InChI=1S/C20H23FN10O10P2S/c21-20(30-2-1-9-14(22)24-7-25-15(9)30)6-36-11-5-38-43(35,44)40-10-3-8(4-37-42(33,34)41-13(11)20)39-18(10)31-16-12(28-29-31)17(32)27-19(23)26-16/h1-2,7-8,10-11,13,18H,3-6H2,(H,33,34)(H,35,44)(H2,22,24,25)(H3,23,26,27,32)/t8-,10+,11+,13+,18+,20?,43?/m0/s1. The number of aromatic nitrogens is 8. The molecule has 3 aliphatic heterocycles. The van der Waals surface area contributed by atoms with Crippen LogP contribution in [-0.4, -0.2) is 93.5 Å². The summed E-state index contributed by atoms with van der Waals surface area (Å²) in [6.07, 6.45) is -4.15. The molecule has 7 N–H and O–H groups in total. The maximum absolute atomic E-state index is 16.8. The van der Waals surface area contributed by atoms with Crippen LogP contribution in [0.4, 0.5) is 16.2 Å². The quantitative estimate of drug-likeness (QED) is 0.168. The number of H-pyrrole nitrogens is 1. The Hall–Kier alpha value is -3.01. The van der Waals surface area contributed by atoms with Gasteiger partial charge in [0, 0.05) is 12.6 Å². The third kappa shape index (κ3) is 5.11. The summed E-state index contributed by atoms with van der Waals surface area (Å²) < 4.78 is 65.6. The predicted octanol–water partition coefficient (Wildman–Crippen LogP) is -0.433. The van der Waals surface area contributed by atoms with Crippen molar-refractivity contribution >= 4 is 60.3 Å². The number of nitrogens with one attached hydrogen (secondary N) is 1. The summed E-state index contributed by atoms with van der Waals surface area (Å²) in [5.74, 6) is -2.77. The van der Waals surface area contributed by atoms with Crippen molar-refractivity contribution < 1.29 is 46.3 Å². The molecule has 3 aliphatic rings. The van der Waals surface area contributed by atoms with E-state index in [4.69, 9.17) is 50.8 Å². The number of alkyl halides is 1. The zero-order valence-corrected chi connectivity index (χ0v) is 24.7. The molecule has 44 heavy (non-hydrogen) atoms. The topological polar surface area (TPSA) is 272 Å². The smallest absolute Gasteiger partial charge is 0.383 e. The molecule has 4 aromatic rings. The van der Waals surface area contributed by atoms with E-state index in [-0.39, 0.29) is 35.0 Å². The number of nitrogens with two attached hydrogens (primary N) is 2. The van der Waals surface area contributed by atoms with Gasteiger partial charge in [0.2, 0.25) is 11.7 Å². The Labute approximate surface area is 249 Å². The molecule has 0 aliphatic carbocycles. The maximum Gasteiger partial charge on any atom is 0.472 e. The molecule has 8 atom stereocenters. The van der Waals surface area contributed by atoms with Crippen LogP contribution in [0.5, 0.6) is 0 Å². The molecule has 2 bridgehead atoms. The molecule has 0 radical (unpaired) electrons. The van der Waals surface area contributed by atoms with Gasteiger partial charge in [-0.25, -0.2) is 18.9 Å². The van der Waals surface area contributed by atoms with Crippen LogP contribution in [-0.2, 0) is 49.7 Å². The Bertz CT molecular complexity index is 1930. The van der Waals surface area contributed by atoms with Gasteiger partial charge in [-0.3, -0.25) is 23.4 Å². The molecule has 3 unspecified atom stereocenters. The van der Waals surface area contributed by atoms with Gasteiger partial charge in [-0.15, -0.1) is 5.10 Å². The number of halogens is 1. The van der Waals surface area contributed by atoms with E-state index in [2.05, 4.69) is 30.2 Å². The third-order valence-electron chi connectivity index (χ3n) is 7.27.